The van der Waals surface area contributed by atoms with Crippen LogP contribution < -0.4 is 4.72 Å². The molecule has 0 bridgehead atoms. The van der Waals surface area contributed by atoms with E-state index >= 15 is 0 Å². The van der Waals surface area contributed by atoms with Gasteiger partial charge in [-0.05, 0) is 39.3 Å². The molecule has 0 radical (unpaired) electrons. The molecule has 0 saturated carbocycles. The molecule has 1 aromatic carbocycles. The van der Waals surface area contributed by atoms with Gasteiger partial charge < -0.3 is 0 Å². The minimum atomic E-state index is -1.12. The van der Waals surface area contributed by atoms with Gasteiger partial charge in [0.15, 0.2) is 0 Å². The summed E-state index contributed by atoms with van der Waals surface area (Å²) in [7, 11) is -1.12. The Morgan fingerprint density at radius 1 is 1.24 bits per heavy atom. The highest BCUT2D eigenvalue weighted by molar-refractivity contribution is 7.84. The molecule has 5 heteroatoms. The molecule has 1 N–H and O–H groups in total. The van der Waals surface area contributed by atoms with Crippen LogP contribution in [0.1, 0.15) is 52.3 Å². The molecule has 0 aliphatic heterocycles. The van der Waals surface area contributed by atoms with Crippen LogP contribution in [-0.2, 0) is 11.0 Å². The van der Waals surface area contributed by atoms with Crippen LogP contribution >= 0.6 is 0 Å². The fourth-order valence-corrected chi connectivity index (χ4v) is 2.85. The number of rotatable bonds is 5. The lowest BCUT2D eigenvalue weighted by Crippen LogP contribution is -2.36. The van der Waals surface area contributed by atoms with Gasteiger partial charge in [0, 0.05) is 0 Å². The second kappa shape index (κ2) is 6.62. The zero-order valence-corrected chi connectivity index (χ0v) is 13.9. The van der Waals surface area contributed by atoms with E-state index in [0.717, 1.165) is 29.6 Å². The molecule has 4 nitrogen and oxygen atoms in total. The summed E-state index contributed by atoms with van der Waals surface area (Å²) >= 11 is 0. The number of aromatic nitrogens is 2. The summed E-state index contributed by atoms with van der Waals surface area (Å²) in [6.07, 6.45) is 3.66. The van der Waals surface area contributed by atoms with Gasteiger partial charge in [0.1, 0.15) is 0 Å². The molecule has 2 atom stereocenters. The van der Waals surface area contributed by atoms with Gasteiger partial charge in [0.05, 0.1) is 44.7 Å². The van der Waals surface area contributed by atoms with Crippen LogP contribution in [0.15, 0.2) is 30.5 Å². The molecule has 0 spiro atoms. The van der Waals surface area contributed by atoms with Gasteiger partial charge in [-0.3, -0.25) is 4.98 Å². The van der Waals surface area contributed by atoms with Crippen LogP contribution in [0.3, 0.4) is 0 Å². The summed E-state index contributed by atoms with van der Waals surface area (Å²) in [4.78, 5) is 9.12. The molecule has 1 heterocycles. The maximum absolute atomic E-state index is 12.3. The van der Waals surface area contributed by atoms with Crippen molar-refractivity contribution in [2.75, 3.05) is 0 Å². The van der Waals surface area contributed by atoms with Crippen molar-refractivity contribution < 1.29 is 4.21 Å². The number of benzene rings is 1. The van der Waals surface area contributed by atoms with E-state index in [4.69, 9.17) is 0 Å². The van der Waals surface area contributed by atoms with Gasteiger partial charge in [-0.1, -0.05) is 25.5 Å². The smallest absolute Gasteiger partial charge is 0.0976 e. The number of nitrogens with zero attached hydrogens (tertiary/aromatic N) is 2. The van der Waals surface area contributed by atoms with Crippen LogP contribution in [0, 0.1) is 0 Å². The average molecular weight is 305 g/mol. The zero-order chi connectivity index (χ0) is 15.5. The largest absolute Gasteiger partial charge is 0.253 e. The topological polar surface area (TPSA) is 54.9 Å². The highest BCUT2D eigenvalue weighted by Crippen LogP contribution is 2.21. The molecule has 0 amide bonds. The monoisotopic (exact) mass is 305 g/mol. The SMILES string of the molecule is CCCC(NS(=O)C(C)(C)C)c1cnc2ccccc2n1. The molecule has 114 valence electrons. The Labute approximate surface area is 129 Å². The Bertz CT molecular complexity index is 637. The highest BCUT2D eigenvalue weighted by atomic mass is 32.2. The summed E-state index contributed by atoms with van der Waals surface area (Å²) in [5.74, 6) is 0. The van der Waals surface area contributed by atoms with E-state index in [1.165, 1.54) is 0 Å². The predicted octanol–water partition coefficient (Wildman–Crippen LogP) is 3.52. The third kappa shape index (κ3) is 4.08. The first kappa shape index (κ1) is 16.0. The fourth-order valence-electron chi connectivity index (χ4n) is 2.00. The number of para-hydroxylation sites is 2. The molecule has 21 heavy (non-hydrogen) atoms. The quantitative estimate of drug-likeness (QED) is 0.919. The molecule has 2 rings (SSSR count). The van der Waals surface area contributed by atoms with Crippen molar-refractivity contribution in [3.63, 3.8) is 0 Å². The number of fused-ring (bicyclic) bond motifs is 1. The Kier molecular flexibility index (Phi) is 5.06. The van der Waals surface area contributed by atoms with Crippen molar-refractivity contribution in [2.24, 2.45) is 0 Å². The van der Waals surface area contributed by atoms with Gasteiger partial charge in [-0.2, -0.15) is 0 Å². The second-order valence-electron chi connectivity index (χ2n) is 6.12. The summed E-state index contributed by atoms with van der Waals surface area (Å²) in [5, 5.41) is 0. The van der Waals surface area contributed by atoms with Gasteiger partial charge in [-0.25, -0.2) is 13.9 Å². The van der Waals surface area contributed by atoms with Crippen LogP contribution in [0.5, 0.6) is 0 Å². The van der Waals surface area contributed by atoms with Crippen LogP contribution in [0.2, 0.25) is 0 Å². The summed E-state index contributed by atoms with van der Waals surface area (Å²) in [6.45, 7) is 8.00. The Morgan fingerprint density at radius 3 is 2.52 bits per heavy atom. The standard InChI is InChI=1S/C16H23N3OS/c1-5-8-14(19-21(20)16(2,3)4)15-11-17-12-9-6-7-10-13(12)18-15/h6-7,9-11,14,19H,5,8H2,1-4H3. The van der Waals surface area contributed by atoms with Gasteiger partial charge in [0.2, 0.25) is 0 Å². The third-order valence-corrected chi connectivity index (χ3v) is 4.82. The van der Waals surface area contributed by atoms with Gasteiger partial charge >= 0.3 is 0 Å². The maximum atomic E-state index is 12.3. The van der Waals surface area contributed by atoms with E-state index in [1.807, 2.05) is 45.0 Å². The molecular weight excluding hydrogens is 282 g/mol. The normalized spacial score (nSPS) is 15.0. The third-order valence-electron chi connectivity index (χ3n) is 3.21. The van der Waals surface area contributed by atoms with E-state index in [2.05, 4.69) is 21.6 Å². The van der Waals surface area contributed by atoms with E-state index in [9.17, 15) is 4.21 Å². The van der Waals surface area contributed by atoms with Crippen LogP contribution in [-0.4, -0.2) is 18.9 Å². The van der Waals surface area contributed by atoms with Crippen LogP contribution in [0.4, 0.5) is 0 Å². The lowest BCUT2D eigenvalue weighted by molar-refractivity contribution is 0.554. The minimum absolute atomic E-state index is 0.0350. The first-order valence-electron chi connectivity index (χ1n) is 7.31. The number of nitrogens with one attached hydrogen (secondary N) is 1. The predicted molar refractivity (Wildman–Crippen MR) is 88.2 cm³/mol. The number of hydrogen-bond donors (Lipinski definition) is 1. The van der Waals surface area contributed by atoms with Crippen molar-refractivity contribution in [3.05, 3.63) is 36.2 Å². The Morgan fingerprint density at radius 2 is 1.90 bits per heavy atom. The molecule has 0 saturated heterocycles. The first-order chi connectivity index (χ1) is 9.91. The van der Waals surface area contributed by atoms with E-state index in [-0.39, 0.29) is 10.8 Å². The molecule has 0 fully saturated rings. The van der Waals surface area contributed by atoms with Crippen molar-refractivity contribution >= 4 is 22.0 Å². The summed E-state index contributed by atoms with van der Waals surface area (Å²) < 4.78 is 15.3. The average Bonchev–Trinajstić information content (AvgIpc) is 2.45. The van der Waals surface area contributed by atoms with Gasteiger partial charge in [-0.15, -0.1) is 0 Å². The first-order valence-corrected chi connectivity index (χ1v) is 8.46. The van der Waals surface area contributed by atoms with Crippen molar-refractivity contribution in [3.8, 4) is 0 Å². The van der Waals surface area contributed by atoms with Crippen molar-refractivity contribution in [1.82, 2.24) is 14.7 Å². The zero-order valence-electron chi connectivity index (χ0n) is 13.1. The van der Waals surface area contributed by atoms with E-state index in [1.54, 1.807) is 6.20 Å². The van der Waals surface area contributed by atoms with E-state index < -0.39 is 11.0 Å². The molecular formula is C16H23N3OS. The maximum Gasteiger partial charge on any atom is 0.0976 e. The summed E-state index contributed by atoms with van der Waals surface area (Å²) in [5.41, 5.74) is 2.61. The lowest BCUT2D eigenvalue weighted by atomic mass is 10.1. The number of hydrogen-bond acceptors (Lipinski definition) is 3. The van der Waals surface area contributed by atoms with Crippen molar-refractivity contribution in [1.29, 1.82) is 0 Å². The fraction of sp³-hybridized carbons (Fsp3) is 0.500. The molecule has 0 aliphatic carbocycles. The Hall–Kier alpha value is -1.33. The van der Waals surface area contributed by atoms with E-state index in [0.29, 0.717) is 0 Å². The molecule has 2 unspecified atom stereocenters. The van der Waals surface area contributed by atoms with Gasteiger partial charge in [0.25, 0.3) is 0 Å². The minimum Gasteiger partial charge on any atom is -0.253 e. The van der Waals surface area contributed by atoms with Crippen molar-refractivity contribution in [2.45, 2.75) is 51.3 Å². The second-order valence-corrected chi connectivity index (χ2v) is 8.12. The summed E-state index contributed by atoms with van der Waals surface area (Å²) in [6, 6.07) is 7.77. The molecule has 2 aromatic rings. The molecule has 0 aliphatic rings. The molecule has 1 aromatic heterocycles. The Balaban J connectivity index is 2.29. The van der Waals surface area contributed by atoms with Crippen LogP contribution in [0.25, 0.3) is 11.0 Å². The lowest BCUT2D eigenvalue weighted by Gasteiger charge is -2.23. The highest BCUT2D eigenvalue weighted by Gasteiger charge is 2.24.